The number of rotatable bonds is 9. The van der Waals surface area contributed by atoms with Gasteiger partial charge in [-0.2, -0.15) is 0 Å². The number of carbonyl (C=O) groups is 1. The molecule has 0 saturated heterocycles. The molecule has 1 aliphatic rings. The summed E-state index contributed by atoms with van der Waals surface area (Å²) in [4.78, 5) is 19.1. The van der Waals surface area contributed by atoms with Crippen molar-refractivity contribution in [2.24, 2.45) is 4.99 Å². The van der Waals surface area contributed by atoms with Gasteiger partial charge in [0.1, 0.15) is 5.60 Å². The van der Waals surface area contributed by atoms with Crippen LogP contribution in [0.4, 0.5) is 4.79 Å². The van der Waals surface area contributed by atoms with E-state index in [9.17, 15) is 4.79 Å². The summed E-state index contributed by atoms with van der Waals surface area (Å²) in [6.07, 6.45) is 4.80. The van der Waals surface area contributed by atoms with Crippen LogP contribution in [0.3, 0.4) is 0 Å². The average Bonchev–Trinajstić information content (AvgIpc) is 2.61. The molecule has 0 aromatic carbocycles. The predicted molar refractivity (Wildman–Crippen MR) is 117 cm³/mol. The number of nitrogens with zero attached hydrogens (tertiary/aromatic N) is 2. The number of carbonyl (C=O) groups excluding carboxylic acids is 1. The Kier molecular flexibility index (Phi) is 11.3. The van der Waals surface area contributed by atoms with Crippen LogP contribution in [-0.4, -0.2) is 67.4 Å². The maximum atomic E-state index is 11.9. The Bertz CT molecular complexity index is 468. The molecule has 1 amide bonds. The van der Waals surface area contributed by atoms with Gasteiger partial charge in [-0.1, -0.05) is 13.8 Å². The van der Waals surface area contributed by atoms with Gasteiger partial charge in [0.05, 0.1) is 6.54 Å². The minimum Gasteiger partial charge on any atom is -0.444 e. The zero-order valence-corrected chi connectivity index (χ0v) is 18.9. The molecule has 0 radical (unpaired) electrons. The van der Waals surface area contributed by atoms with Crippen molar-refractivity contribution in [1.82, 2.24) is 20.9 Å². The second kappa shape index (κ2) is 12.9. The normalized spacial score (nSPS) is 20.8. The first-order valence-corrected chi connectivity index (χ1v) is 11.0. The van der Waals surface area contributed by atoms with E-state index < -0.39 is 5.60 Å². The number of hydrogen-bond donors (Lipinski definition) is 3. The summed E-state index contributed by atoms with van der Waals surface area (Å²) in [6.45, 7) is 17.0. The lowest BCUT2D eigenvalue weighted by molar-refractivity contribution is 0.0490. The number of likely N-dealkylation sites (N-methyl/N-ethyl adjacent to an activating group) is 1. The molecule has 3 N–H and O–H groups in total. The lowest BCUT2D eigenvalue weighted by Crippen LogP contribution is -2.48. The monoisotopic (exact) mass is 397 g/mol. The van der Waals surface area contributed by atoms with Gasteiger partial charge in [0.25, 0.3) is 0 Å². The summed E-state index contributed by atoms with van der Waals surface area (Å²) >= 11 is 0. The van der Waals surface area contributed by atoms with E-state index in [-0.39, 0.29) is 12.1 Å². The Labute approximate surface area is 172 Å². The molecule has 164 valence electrons. The maximum absolute atomic E-state index is 11.9. The second-order valence-corrected chi connectivity index (χ2v) is 8.53. The Hall–Kier alpha value is -1.50. The lowest BCUT2D eigenvalue weighted by Gasteiger charge is -2.31. The number of nitrogens with one attached hydrogen (secondary N) is 3. The van der Waals surface area contributed by atoms with E-state index in [1.165, 1.54) is 6.42 Å². The Balaban J connectivity index is 2.40. The number of hydrogen-bond acceptors (Lipinski definition) is 4. The molecule has 0 spiro atoms. The zero-order valence-electron chi connectivity index (χ0n) is 18.9. The number of ether oxygens (including phenoxy) is 1. The van der Waals surface area contributed by atoms with Gasteiger partial charge >= 0.3 is 6.09 Å². The zero-order chi connectivity index (χ0) is 21.0. The highest BCUT2D eigenvalue weighted by atomic mass is 16.6. The molecule has 28 heavy (non-hydrogen) atoms. The van der Waals surface area contributed by atoms with Gasteiger partial charge in [0.15, 0.2) is 5.96 Å². The van der Waals surface area contributed by atoms with E-state index in [0.29, 0.717) is 6.04 Å². The van der Waals surface area contributed by atoms with Gasteiger partial charge < -0.3 is 25.6 Å². The number of amides is 1. The van der Waals surface area contributed by atoms with Gasteiger partial charge in [-0.25, -0.2) is 4.79 Å². The fourth-order valence-corrected chi connectivity index (χ4v) is 3.42. The molecule has 0 unspecified atom stereocenters. The highest BCUT2D eigenvalue weighted by molar-refractivity contribution is 5.80. The molecule has 0 heterocycles. The van der Waals surface area contributed by atoms with Crippen molar-refractivity contribution in [3.05, 3.63) is 0 Å². The van der Waals surface area contributed by atoms with Gasteiger partial charge in [0, 0.05) is 25.2 Å². The van der Waals surface area contributed by atoms with Crippen LogP contribution in [0.15, 0.2) is 4.99 Å². The summed E-state index contributed by atoms with van der Waals surface area (Å²) in [7, 11) is 0. The molecule has 0 aromatic rings. The molecule has 0 bridgehead atoms. The first kappa shape index (κ1) is 24.5. The highest BCUT2D eigenvalue weighted by Gasteiger charge is 2.25. The van der Waals surface area contributed by atoms with Crippen LogP contribution in [-0.2, 0) is 4.74 Å². The van der Waals surface area contributed by atoms with Crippen molar-refractivity contribution in [3.8, 4) is 0 Å². The molecule has 1 fully saturated rings. The van der Waals surface area contributed by atoms with Crippen LogP contribution in [0, 0.1) is 0 Å². The summed E-state index contributed by atoms with van der Waals surface area (Å²) in [5.74, 6) is 0.901. The van der Waals surface area contributed by atoms with Crippen molar-refractivity contribution in [3.63, 3.8) is 0 Å². The van der Waals surface area contributed by atoms with Crippen molar-refractivity contribution in [2.45, 2.75) is 91.3 Å². The van der Waals surface area contributed by atoms with Crippen molar-refractivity contribution < 1.29 is 9.53 Å². The quantitative estimate of drug-likeness (QED) is 0.412. The van der Waals surface area contributed by atoms with Gasteiger partial charge in [-0.3, -0.25) is 4.99 Å². The molecular formula is C21H43N5O2. The van der Waals surface area contributed by atoms with Gasteiger partial charge in [0.2, 0.25) is 0 Å². The van der Waals surface area contributed by atoms with Gasteiger partial charge in [-0.05, 0) is 72.9 Å². The van der Waals surface area contributed by atoms with E-state index in [2.05, 4.69) is 41.6 Å². The lowest BCUT2D eigenvalue weighted by atomic mass is 9.91. The molecule has 0 aromatic heterocycles. The molecule has 1 aliphatic carbocycles. The largest absolute Gasteiger partial charge is 0.444 e. The van der Waals surface area contributed by atoms with Gasteiger partial charge in [-0.15, -0.1) is 0 Å². The van der Waals surface area contributed by atoms with Crippen LogP contribution in [0.1, 0.15) is 73.6 Å². The Morgan fingerprint density at radius 3 is 2.14 bits per heavy atom. The maximum Gasteiger partial charge on any atom is 0.407 e. The third-order valence-electron chi connectivity index (χ3n) is 4.81. The summed E-state index contributed by atoms with van der Waals surface area (Å²) in [5.41, 5.74) is -0.454. The molecular weight excluding hydrogens is 354 g/mol. The number of aliphatic imine (C=N–C) groups is 1. The van der Waals surface area contributed by atoms with Crippen LogP contribution in [0.2, 0.25) is 0 Å². The fraction of sp³-hybridized carbons (Fsp3) is 0.905. The first-order valence-electron chi connectivity index (χ1n) is 11.0. The SMILES string of the molecule is CCCN(CC)CCN=C(NCC)NC1CCC(NC(=O)OC(C)(C)C)CC1. The minimum absolute atomic E-state index is 0.194. The number of alkyl carbamates (subject to hydrolysis) is 1. The fourth-order valence-electron chi connectivity index (χ4n) is 3.42. The van der Waals surface area contributed by atoms with Crippen LogP contribution in [0.5, 0.6) is 0 Å². The van der Waals surface area contributed by atoms with Crippen LogP contribution < -0.4 is 16.0 Å². The van der Waals surface area contributed by atoms with Crippen molar-refractivity contribution >= 4 is 12.1 Å². The highest BCUT2D eigenvalue weighted by Crippen LogP contribution is 2.19. The molecule has 7 nitrogen and oxygen atoms in total. The second-order valence-electron chi connectivity index (χ2n) is 8.53. The topological polar surface area (TPSA) is 78.0 Å². The Morgan fingerprint density at radius 2 is 1.64 bits per heavy atom. The smallest absolute Gasteiger partial charge is 0.407 e. The third kappa shape index (κ3) is 10.7. The van der Waals surface area contributed by atoms with E-state index in [4.69, 9.17) is 9.73 Å². The summed E-state index contributed by atoms with van der Waals surface area (Å²) < 4.78 is 5.36. The Morgan fingerprint density at radius 1 is 1.04 bits per heavy atom. The average molecular weight is 398 g/mol. The standard InChI is InChI=1S/C21H43N5O2/c1-7-15-26(9-3)16-14-23-19(22-8-2)24-17-10-12-18(13-11-17)25-20(27)28-21(4,5)6/h17-18H,7-16H2,1-6H3,(H,25,27)(H2,22,23,24). The molecule has 0 atom stereocenters. The summed E-state index contributed by atoms with van der Waals surface area (Å²) in [6, 6.07) is 0.590. The van der Waals surface area contributed by atoms with E-state index >= 15 is 0 Å². The third-order valence-corrected chi connectivity index (χ3v) is 4.81. The predicted octanol–water partition coefficient (Wildman–Crippen LogP) is 3.11. The molecule has 1 saturated carbocycles. The van der Waals surface area contributed by atoms with Crippen LogP contribution in [0.25, 0.3) is 0 Å². The van der Waals surface area contributed by atoms with Crippen molar-refractivity contribution in [1.29, 1.82) is 0 Å². The minimum atomic E-state index is -0.454. The van der Waals surface area contributed by atoms with E-state index in [1.807, 2.05) is 20.8 Å². The van der Waals surface area contributed by atoms with Crippen LogP contribution >= 0.6 is 0 Å². The van der Waals surface area contributed by atoms with E-state index in [0.717, 1.165) is 64.4 Å². The van der Waals surface area contributed by atoms with Crippen molar-refractivity contribution in [2.75, 3.05) is 32.7 Å². The van der Waals surface area contributed by atoms with E-state index in [1.54, 1.807) is 0 Å². The first-order chi connectivity index (χ1) is 13.3. The molecule has 1 rings (SSSR count). The molecule has 7 heteroatoms. The summed E-state index contributed by atoms with van der Waals surface area (Å²) in [5, 5.41) is 9.92. The molecule has 0 aliphatic heterocycles. The number of guanidine groups is 1.